The number of nitrogens with zero attached hydrogens (tertiary/aromatic N) is 1. The Kier molecular flexibility index (Phi) is 6.50. The number of rotatable bonds is 7. The Morgan fingerprint density at radius 2 is 1.96 bits per heavy atom. The second kappa shape index (κ2) is 8.38. The van der Waals surface area contributed by atoms with Gasteiger partial charge in [0, 0.05) is 17.6 Å². The highest BCUT2D eigenvalue weighted by atomic mass is 35.5. The first-order valence-corrected chi connectivity index (χ1v) is 8.50. The Balaban J connectivity index is 1.72. The molecule has 5 nitrogen and oxygen atoms in total. The highest BCUT2D eigenvalue weighted by Crippen LogP contribution is 2.32. The number of ether oxygens (including phenoxy) is 2. The first kappa shape index (κ1) is 17.8. The normalized spacial score (nSPS) is 10.6. The number of esters is 1. The van der Waals surface area contributed by atoms with Crippen LogP contribution in [0.25, 0.3) is 0 Å². The van der Waals surface area contributed by atoms with Crippen LogP contribution in [-0.2, 0) is 16.1 Å². The third-order valence-corrected chi connectivity index (χ3v) is 4.50. The summed E-state index contributed by atoms with van der Waals surface area (Å²) < 4.78 is 12.0. The standard InChI is InChI=1S/C15H15Cl2NO4S/c1-10-9-23-15(20)18(10)6-5-13(19)21-7-8-22-14-11(16)3-2-4-12(14)17/h2-4,9H,5-8H2,1H3. The van der Waals surface area contributed by atoms with Gasteiger partial charge in [0.2, 0.25) is 0 Å². The third-order valence-electron chi connectivity index (χ3n) is 3.03. The van der Waals surface area contributed by atoms with Crippen molar-refractivity contribution >= 4 is 40.5 Å². The number of hydrogen-bond acceptors (Lipinski definition) is 5. The van der Waals surface area contributed by atoms with Gasteiger partial charge in [0.15, 0.2) is 5.75 Å². The van der Waals surface area contributed by atoms with Crippen molar-refractivity contribution < 1.29 is 14.3 Å². The summed E-state index contributed by atoms with van der Waals surface area (Å²) in [6, 6.07) is 5.04. The molecule has 0 spiro atoms. The van der Waals surface area contributed by atoms with E-state index in [0.29, 0.717) is 22.3 Å². The molecule has 0 atom stereocenters. The number of aromatic nitrogens is 1. The van der Waals surface area contributed by atoms with E-state index in [9.17, 15) is 9.59 Å². The molecule has 0 amide bonds. The van der Waals surface area contributed by atoms with E-state index >= 15 is 0 Å². The Morgan fingerprint density at radius 3 is 2.57 bits per heavy atom. The van der Waals surface area contributed by atoms with E-state index in [0.717, 1.165) is 17.0 Å². The van der Waals surface area contributed by atoms with Gasteiger partial charge in [-0.3, -0.25) is 9.59 Å². The smallest absolute Gasteiger partial charge is 0.307 e. The quantitative estimate of drug-likeness (QED) is 0.548. The minimum absolute atomic E-state index is 0.0769. The predicted molar refractivity (Wildman–Crippen MR) is 90.8 cm³/mol. The zero-order valence-corrected chi connectivity index (χ0v) is 14.7. The van der Waals surface area contributed by atoms with Crippen molar-refractivity contribution in [3.8, 4) is 5.75 Å². The fourth-order valence-electron chi connectivity index (χ4n) is 1.87. The summed E-state index contributed by atoms with van der Waals surface area (Å²) in [7, 11) is 0. The summed E-state index contributed by atoms with van der Waals surface area (Å²) in [6.45, 7) is 2.36. The van der Waals surface area contributed by atoms with Crippen LogP contribution >= 0.6 is 34.5 Å². The summed E-state index contributed by atoms with van der Waals surface area (Å²) in [5.41, 5.74) is 0.837. The van der Waals surface area contributed by atoms with Crippen LogP contribution in [0.15, 0.2) is 28.4 Å². The van der Waals surface area contributed by atoms with Gasteiger partial charge in [-0.2, -0.15) is 0 Å². The van der Waals surface area contributed by atoms with Crippen molar-refractivity contribution in [1.82, 2.24) is 4.57 Å². The minimum Gasteiger partial charge on any atom is -0.487 e. The number of benzene rings is 1. The van der Waals surface area contributed by atoms with Gasteiger partial charge in [0.25, 0.3) is 0 Å². The van der Waals surface area contributed by atoms with E-state index in [2.05, 4.69) is 0 Å². The van der Waals surface area contributed by atoms with Gasteiger partial charge < -0.3 is 14.0 Å². The largest absolute Gasteiger partial charge is 0.487 e. The second-order valence-corrected chi connectivity index (χ2v) is 6.30. The van der Waals surface area contributed by atoms with Crippen molar-refractivity contribution in [3.05, 3.63) is 49.0 Å². The van der Waals surface area contributed by atoms with E-state index in [-0.39, 0.29) is 24.5 Å². The summed E-state index contributed by atoms with van der Waals surface area (Å²) in [4.78, 5) is 23.1. The highest BCUT2D eigenvalue weighted by Gasteiger charge is 2.09. The van der Waals surface area contributed by atoms with Crippen molar-refractivity contribution in [3.63, 3.8) is 0 Å². The third kappa shape index (κ3) is 4.99. The van der Waals surface area contributed by atoms with Crippen molar-refractivity contribution in [2.75, 3.05) is 13.2 Å². The monoisotopic (exact) mass is 375 g/mol. The molecule has 0 radical (unpaired) electrons. The van der Waals surface area contributed by atoms with Crippen LogP contribution in [0.5, 0.6) is 5.75 Å². The minimum atomic E-state index is -0.392. The van der Waals surface area contributed by atoms with E-state index in [1.807, 2.05) is 6.92 Å². The zero-order valence-electron chi connectivity index (χ0n) is 12.4. The van der Waals surface area contributed by atoms with Crippen molar-refractivity contribution in [2.24, 2.45) is 0 Å². The molecule has 124 valence electrons. The van der Waals surface area contributed by atoms with E-state index in [1.54, 1.807) is 28.1 Å². The van der Waals surface area contributed by atoms with Crippen LogP contribution in [0.1, 0.15) is 12.1 Å². The first-order chi connectivity index (χ1) is 11.0. The molecule has 1 aromatic carbocycles. The average Bonchev–Trinajstić information content (AvgIpc) is 2.82. The Bertz CT molecular complexity index is 721. The molecule has 2 rings (SSSR count). The van der Waals surface area contributed by atoms with Gasteiger partial charge in [-0.25, -0.2) is 0 Å². The predicted octanol–water partition coefficient (Wildman–Crippen LogP) is 3.54. The van der Waals surface area contributed by atoms with Crippen molar-refractivity contribution in [2.45, 2.75) is 19.9 Å². The van der Waals surface area contributed by atoms with Gasteiger partial charge in [-0.1, -0.05) is 40.6 Å². The van der Waals surface area contributed by atoms with Gasteiger partial charge in [-0.15, -0.1) is 0 Å². The van der Waals surface area contributed by atoms with Gasteiger partial charge in [-0.05, 0) is 19.1 Å². The van der Waals surface area contributed by atoms with Crippen LogP contribution in [-0.4, -0.2) is 23.8 Å². The molecular weight excluding hydrogens is 361 g/mol. The SMILES string of the molecule is Cc1csc(=O)n1CCC(=O)OCCOc1c(Cl)cccc1Cl. The number of carbonyl (C=O) groups excluding carboxylic acids is 1. The molecule has 2 aromatic rings. The van der Waals surface area contributed by atoms with Crippen LogP contribution in [0, 0.1) is 6.92 Å². The highest BCUT2D eigenvalue weighted by molar-refractivity contribution is 7.07. The molecule has 0 saturated carbocycles. The second-order valence-electron chi connectivity index (χ2n) is 4.66. The first-order valence-electron chi connectivity index (χ1n) is 6.86. The molecule has 0 aliphatic rings. The van der Waals surface area contributed by atoms with Gasteiger partial charge in [0.05, 0.1) is 16.5 Å². The lowest BCUT2D eigenvalue weighted by Crippen LogP contribution is -2.19. The fourth-order valence-corrected chi connectivity index (χ4v) is 3.14. The maximum absolute atomic E-state index is 11.7. The zero-order chi connectivity index (χ0) is 16.8. The van der Waals surface area contributed by atoms with Crippen LogP contribution in [0.2, 0.25) is 10.0 Å². The maximum Gasteiger partial charge on any atom is 0.307 e. The number of para-hydroxylation sites is 1. The lowest BCUT2D eigenvalue weighted by molar-refractivity contribution is -0.144. The molecule has 0 unspecified atom stereocenters. The molecule has 0 aliphatic carbocycles. The molecule has 0 N–H and O–H groups in total. The molecular formula is C15H15Cl2NO4S. The molecule has 8 heteroatoms. The molecule has 1 heterocycles. The number of thiazole rings is 1. The lowest BCUT2D eigenvalue weighted by atomic mass is 10.3. The number of aryl methyl sites for hydroxylation is 1. The van der Waals surface area contributed by atoms with E-state index in [1.165, 1.54) is 0 Å². The van der Waals surface area contributed by atoms with Crippen molar-refractivity contribution in [1.29, 1.82) is 0 Å². The summed E-state index contributed by atoms with van der Waals surface area (Å²) >= 11 is 13.0. The van der Waals surface area contributed by atoms with Gasteiger partial charge >= 0.3 is 10.8 Å². The summed E-state index contributed by atoms with van der Waals surface area (Å²) in [5.74, 6) is -0.0244. The van der Waals surface area contributed by atoms with Crippen LogP contribution < -0.4 is 9.61 Å². The molecule has 0 aliphatic heterocycles. The molecule has 0 saturated heterocycles. The summed E-state index contributed by atoms with van der Waals surface area (Å²) in [6.07, 6.45) is 0.129. The summed E-state index contributed by atoms with van der Waals surface area (Å²) in [5, 5.41) is 2.56. The van der Waals surface area contributed by atoms with E-state index < -0.39 is 5.97 Å². The van der Waals surface area contributed by atoms with Gasteiger partial charge in [0.1, 0.15) is 13.2 Å². The lowest BCUT2D eigenvalue weighted by Gasteiger charge is -2.10. The number of halogens is 2. The maximum atomic E-state index is 11.7. The average molecular weight is 376 g/mol. The molecule has 0 bridgehead atoms. The Labute approximate surface area is 147 Å². The number of hydrogen-bond donors (Lipinski definition) is 0. The number of carbonyl (C=O) groups is 1. The van der Waals surface area contributed by atoms with Crippen LogP contribution in [0.4, 0.5) is 0 Å². The van der Waals surface area contributed by atoms with Crippen LogP contribution in [0.3, 0.4) is 0 Å². The molecule has 1 aromatic heterocycles. The molecule has 23 heavy (non-hydrogen) atoms. The Hall–Kier alpha value is -1.50. The fraction of sp³-hybridized carbons (Fsp3) is 0.333. The Morgan fingerprint density at radius 1 is 1.26 bits per heavy atom. The van der Waals surface area contributed by atoms with E-state index in [4.69, 9.17) is 32.7 Å². The molecule has 0 fully saturated rings. The topological polar surface area (TPSA) is 57.5 Å².